The van der Waals surface area contributed by atoms with Gasteiger partial charge in [-0.15, -0.1) is 0 Å². The van der Waals surface area contributed by atoms with E-state index in [9.17, 15) is 9.18 Å². The van der Waals surface area contributed by atoms with Gasteiger partial charge in [-0.05, 0) is 28.7 Å². The predicted octanol–water partition coefficient (Wildman–Crippen LogP) is 3.60. The highest BCUT2D eigenvalue weighted by Gasteiger charge is 2.28. The number of rotatable bonds is 2. The van der Waals surface area contributed by atoms with Gasteiger partial charge in [-0.1, -0.05) is 0 Å². The topological polar surface area (TPSA) is 46.5 Å². The highest BCUT2D eigenvalue weighted by molar-refractivity contribution is 14.2. The van der Waals surface area contributed by atoms with Crippen LogP contribution in [-0.4, -0.2) is 17.7 Å². The maximum atomic E-state index is 14.0. The molecule has 0 atom stereocenters. The third-order valence-corrected chi connectivity index (χ3v) is 4.75. The molecule has 1 N–H and O–H groups in total. The van der Waals surface area contributed by atoms with Gasteiger partial charge in [0.2, 0.25) is 0 Å². The van der Waals surface area contributed by atoms with E-state index in [4.69, 9.17) is 9.84 Å². The lowest BCUT2D eigenvalue weighted by molar-refractivity contribution is 0.0688. The summed E-state index contributed by atoms with van der Waals surface area (Å²) in [6, 6.07) is 0. The molecular weight excluding hydrogens is 358 g/mol. The number of halogens is 2. The average molecular weight is 368 g/mol. The van der Waals surface area contributed by atoms with Crippen LogP contribution in [0.15, 0.2) is 4.90 Å². The lowest BCUT2D eigenvalue weighted by Crippen LogP contribution is -2.17. The minimum Gasteiger partial charge on any atom is -0.492 e. The molecule has 0 saturated carbocycles. The Hall–Kier alpha value is -0.500. The van der Waals surface area contributed by atoms with Gasteiger partial charge in [0.15, 0.2) is 0 Å². The molecule has 1 heterocycles. The Morgan fingerprint density at radius 2 is 2.29 bits per heavy atom. The summed E-state index contributed by atoms with van der Waals surface area (Å²) in [5.74, 6) is -1.31. The lowest BCUT2D eigenvalue weighted by Gasteiger charge is -2.23. The Balaban J connectivity index is 2.78. The minimum atomic E-state index is -1.22. The SMILES string of the molecule is Cc1c(F)c(C(=O)O)c2c(c1SI)OCCC2. The number of benzene rings is 1. The number of carbonyl (C=O) groups is 1. The standard InChI is InChI=1S/C11H10FIO3S/c1-5-8(12)7(11(14)15)6-3-2-4-16-9(6)10(5)17-13/h2-4H2,1H3,(H,14,15). The number of hydrogen-bond acceptors (Lipinski definition) is 3. The first-order valence-electron chi connectivity index (χ1n) is 5.07. The van der Waals surface area contributed by atoms with Crippen LogP contribution in [0.5, 0.6) is 5.75 Å². The van der Waals surface area contributed by atoms with Gasteiger partial charge in [0.05, 0.1) is 11.5 Å². The molecule has 1 aliphatic heterocycles. The van der Waals surface area contributed by atoms with Crippen molar-refractivity contribution >= 4 is 36.1 Å². The number of ether oxygens (including phenoxy) is 1. The van der Waals surface area contributed by atoms with E-state index in [0.717, 1.165) is 6.42 Å². The average Bonchev–Trinajstić information content (AvgIpc) is 2.30. The van der Waals surface area contributed by atoms with Gasteiger partial charge >= 0.3 is 5.97 Å². The van der Waals surface area contributed by atoms with Gasteiger partial charge in [-0.3, -0.25) is 0 Å². The second-order valence-electron chi connectivity index (χ2n) is 3.79. The van der Waals surface area contributed by atoms with Crippen molar-refractivity contribution < 1.29 is 19.0 Å². The van der Waals surface area contributed by atoms with Crippen molar-refractivity contribution in [2.75, 3.05) is 6.61 Å². The van der Waals surface area contributed by atoms with E-state index < -0.39 is 11.8 Å². The quantitative estimate of drug-likeness (QED) is 0.811. The largest absolute Gasteiger partial charge is 0.492 e. The van der Waals surface area contributed by atoms with E-state index in [1.165, 1.54) is 8.93 Å². The number of hydrogen-bond donors (Lipinski definition) is 1. The number of fused-ring (bicyclic) bond motifs is 1. The van der Waals surface area contributed by atoms with Crippen LogP contribution in [0.3, 0.4) is 0 Å². The Kier molecular flexibility index (Phi) is 3.82. The molecule has 0 unspecified atom stereocenters. The molecule has 0 bridgehead atoms. The van der Waals surface area contributed by atoms with Gasteiger partial charge < -0.3 is 9.84 Å². The molecule has 1 aliphatic rings. The summed E-state index contributed by atoms with van der Waals surface area (Å²) >= 11 is 2.05. The fourth-order valence-electron chi connectivity index (χ4n) is 1.97. The van der Waals surface area contributed by atoms with Crippen LogP contribution >= 0.6 is 30.1 Å². The van der Waals surface area contributed by atoms with Gasteiger partial charge in [0.1, 0.15) is 17.1 Å². The molecule has 0 fully saturated rings. The summed E-state index contributed by atoms with van der Waals surface area (Å²) < 4.78 is 19.6. The molecule has 2 rings (SSSR count). The van der Waals surface area contributed by atoms with E-state index in [1.54, 1.807) is 6.92 Å². The van der Waals surface area contributed by atoms with Crippen molar-refractivity contribution in [2.45, 2.75) is 24.7 Å². The first-order chi connectivity index (χ1) is 8.07. The van der Waals surface area contributed by atoms with Crippen molar-refractivity contribution in [3.8, 4) is 5.75 Å². The summed E-state index contributed by atoms with van der Waals surface area (Å²) in [5, 5.41) is 9.11. The molecule has 0 aliphatic carbocycles. The van der Waals surface area contributed by atoms with Crippen LogP contribution in [0.2, 0.25) is 0 Å². The van der Waals surface area contributed by atoms with Gasteiger partial charge in [-0.25, -0.2) is 9.18 Å². The smallest absolute Gasteiger partial charge is 0.339 e. The molecule has 92 valence electrons. The zero-order valence-electron chi connectivity index (χ0n) is 9.05. The molecule has 0 radical (unpaired) electrons. The highest BCUT2D eigenvalue weighted by atomic mass is 127. The van der Waals surface area contributed by atoms with E-state index >= 15 is 0 Å². The van der Waals surface area contributed by atoms with Crippen molar-refractivity contribution in [3.05, 3.63) is 22.5 Å². The van der Waals surface area contributed by atoms with Crippen molar-refractivity contribution in [3.63, 3.8) is 0 Å². The fourth-order valence-corrected chi connectivity index (χ4v) is 4.02. The second-order valence-corrected chi connectivity index (χ2v) is 5.67. The maximum absolute atomic E-state index is 14.0. The van der Waals surface area contributed by atoms with Gasteiger partial charge in [0, 0.05) is 32.3 Å². The van der Waals surface area contributed by atoms with Crippen molar-refractivity contribution in [1.29, 1.82) is 0 Å². The third kappa shape index (κ3) is 2.12. The zero-order chi connectivity index (χ0) is 12.6. The van der Waals surface area contributed by atoms with Crippen LogP contribution in [-0.2, 0) is 6.42 Å². The van der Waals surface area contributed by atoms with Crippen LogP contribution in [0.1, 0.15) is 27.9 Å². The molecule has 0 aromatic heterocycles. The van der Waals surface area contributed by atoms with Crippen LogP contribution in [0.25, 0.3) is 0 Å². The van der Waals surface area contributed by atoms with E-state index in [1.807, 2.05) is 0 Å². The summed E-state index contributed by atoms with van der Waals surface area (Å²) in [7, 11) is 1.36. The summed E-state index contributed by atoms with van der Waals surface area (Å²) in [6.45, 7) is 2.14. The number of carboxylic acids is 1. The van der Waals surface area contributed by atoms with Crippen LogP contribution < -0.4 is 4.74 Å². The first kappa shape index (κ1) is 12.9. The molecule has 0 spiro atoms. The normalized spacial score (nSPS) is 14.1. The lowest BCUT2D eigenvalue weighted by atomic mass is 9.96. The number of aromatic carboxylic acids is 1. The molecule has 1 aromatic rings. The van der Waals surface area contributed by atoms with E-state index in [0.29, 0.717) is 34.8 Å². The Bertz CT molecular complexity index is 490. The molecule has 3 nitrogen and oxygen atoms in total. The van der Waals surface area contributed by atoms with Crippen molar-refractivity contribution in [1.82, 2.24) is 0 Å². The Morgan fingerprint density at radius 1 is 1.59 bits per heavy atom. The fraction of sp³-hybridized carbons (Fsp3) is 0.364. The van der Waals surface area contributed by atoms with Crippen LogP contribution in [0.4, 0.5) is 4.39 Å². The molecule has 1 aromatic carbocycles. The molecule has 6 heteroatoms. The summed E-state index contributed by atoms with van der Waals surface area (Å²) in [4.78, 5) is 11.8. The Labute approximate surface area is 114 Å². The van der Waals surface area contributed by atoms with Crippen LogP contribution in [0, 0.1) is 12.7 Å². The van der Waals surface area contributed by atoms with Crippen molar-refractivity contribution in [2.24, 2.45) is 0 Å². The molecule has 17 heavy (non-hydrogen) atoms. The Morgan fingerprint density at radius 3 is 2.88 bits per heavy atom. The maximum Gasteiger partial charge on any atom is 0.339 e. The summed E-state index contributed by atoms with van der Waals surface area (Å²) in [5.41, 5.74) is 0.611. The minimum absolute atomic E-state index is 0.230. The zero-order valence-corrected chi connectivity index (χ0v) is 12.0. The monoisotopic (exact) mass is 368 g/mol. The summed E-state index contributed by atoms with van der Waals surface area (Å²) in [6.07, 6.45) is 1.28. The molecule has 0 amide bonds. The molecule has 0 saturated heterocycles. The second kappa shape index (κ2) is 5.01. The number of carboxylic acid groups (broad SMARTS) is 1. The predicted molar refractivity (Wildman–Crippen MR) is 71.8 cm³/mol. The highest BCUT2D eigenvalue weighted by Crippen LogP contribution is 2.44. The van der Waals surface area contributed by atoms with Gasteiger partial charge in [-0.2, -0.15) is 0 Å². The van der Waals surface area contributed by atoms with E-state index in [-0.39, 0.29) is 5.56 Å². The third-order valence-electron chi connectivity index (χ3n) is 2.78. The van der Waals surface area contributed by atoms with E-state index in [2.05, 4.69) is 21.2 Å². The first-order valence-corrected chi connectivity index (χ1v) is 8.43. The van der Waals surface area contributed by atoms with Gasteiger partial charge in [0.25, 0.3) is 0 Å². The molecular formula is C11H10FIO3S.